The molecule has 0 bridgehead atoms. The first-order chi connectivity index (χ1) is 18.1. The van der Waals surface area contributed by atoms with E-state index in [0.29, 0.717) is 6.54 Å². The van der Waals surface area contributed by atoms with Gasteiger partial charge in [0, 0.05) is 30.8 Å². The predicted octanol–water partition coefficient (Wildman–Crippen LogP) is 5.79. The van der Waals surface area contributed by atoms with Gasteiger partial charge in [0.15, 0.2) is 0 Å². The van der Waals surface area contributed by atoms with Gasteiger partial charge in [-0.2, -0.15) is 0 Å². The molecule has 1 heterocycles. The van der Waals surface area contributed by atoms with Gasteiger partial charge in [-0.15, -0.1) is 0 Å². The monoisotopic (exact) mass is 498 g/mol. The number of amides is 2. The van der Waals surface area contributed by atoms with Gasteiger partial charge in [0.1, 0.15) is 6.33 Å². The lowest BCUT2D eigenvalue weighted by Gasteiger charge is -2.32. The number of nitrogens with zero attached hydrogens (tertiary/aromatic N) is 3. The van der Waals surface area contributed by atoms with Crippen LogP contribution < -0.4 is 10.1 Å². The maximum atomic E-state index is 13.3. The fourth-order valence-corrected chi connectivity index (χ4v) is 5.27. The fourth-order valence-electron chi connectivity index (χ4n) is 5.27. The molecule has 0 aliphatic heterocycles. The quantitative estimate of drug-likeness (QED) is 0.425. The van der Waals surface area contributed by atoms with Crippen LogP contribution in [0.5, 0.6) is 5.88 Å². The van der Waals surface area contributed by atoms with Gasteiger partial charge in [0.25, 0.3) is 0 Å². The van der Waals surface area contributed by atoms with Crippen LogP contribution >= 0.6 is 0 Å². The normalized spacial score (nSPS) is 20.0. The first-order valence-corrected chi connectivity index (χ1v) is 13.3. The summed E-state index contributed by atoms with van der Waals surface area (Å²) in [5, 5.41) is 3.25. The molecule has 2 saturated carbocycles. The highest BCUT2D eigenvalue weighted by molar-refractivity contribution is 5.80. The Morgan fingerprint density at radius 2 is 1.76 bits per heavy atom. The van der Waals surface area contributed by atoms with E-state index in [1.165, 1.54) is 11.9 Å². The van der Waals surface area contributed by atoms with Crippen LogP contribution in [0.1, 0.15) is 74.1 Å². The van der Waals surface area contributed by atoms with Gasteiger partial charge in [0.2, 0.25) is 11.8 Å². The Morgan fingerprint density at radius 1 is 1.00 bits per heavy atom. The first kappa shape index (κ1) is 24.9. The van der Waals surface area contributed by atoms with Crippen molar-refractivity contribution in [1.29, 1.82) is 0 Å². The summed E-state index contributed by atoms with van der Waals surface area (Å²) in [6.07, 6.45) is 8.63. The lowest BCUT2D eigenvalue weighted by molar-refractivity contribution is -0.127. The van der Waals surface area contributed by atoms with Crippen LogP contribution in [0.2, 0.25) is 0 Å². The molecule has 3 aromatic rings. The van der Waals surface area contributed by atoms with E-state index >= 15 is 0 Å². The molecule has 2 fully saturated rings. The molecule has 0 unspecified atom stereocenters. The SMILES string of the molecule is C[C@H](NC(=O)[C@H]1CCCC[C@@H]1c1ccc(CN(C(=O)Oc2ccncn2)C2CC2)cc1)c1ccccc1. The second kappa shape index (κ2) is 11.5. The molecule has 37 heavy (non-hydrogen) atoms. The van der Waals surface area contributed by atoms with Crippen LogP contribution in [-0.4, -0.2) is 32.9 Å². The summed E-state index contributed by atoms with van der Waals surface area (Å²) < 4.78 is 5.46. The van der Waals surface area contributed by atoms with Crippen LogP contribution in [0.15, 0.2) is 73.2 Å². The van der Waals surface area contributed by atoms with Gasteiger partial charge >= 0.3 is 6.09 Å². The lowest BCUT2D eigenvalue weighted by atomic mass is 9.74. The molecular weight excluding hydrogens is 464 g/mol. The van der Waals surface area contributed by atoms with Crippen molar-refractivity contribution >= 4 is 12.0 Å². The molecule has 0 saturated heterocycles. The molecule has 192 valence electrons. The Hall–Kier alpha value is -3.74. The number of rotatable bonds is 8. The lowest BCUT2D eigenvalue weighted by Crippen LogP contribution is -2.37. The molecule has 2 aliphatic carbocycles. The molecule has 2 amide bonds. The van der Waals surface area contributed by atoms with Crippen LogP contribution in [0.25, 0.3) is 0 Å². The van der Waals surface area contributed by atoms with Crippen molar-refractivity contribution in [3.63, 3.8) is 0 Å². The van der Waals surface area contributed by atoms with E-state index in [2.05, 4.69) is 51.7 Å². The number of nitrogens with one attached hydrogen (secondary N) is 1. The number of carbonyl (C=O) groups is 2. The van der Waals surface area contributed by atoms with Gasteiger partial charge < -0.3 is 15.0 Å². The van der Waals surface area contributed by atoms with E-state index in [1.807, 2.05) is 25.1 Å². The molecular formula is C30H34N4O3. The summed E-state index contributed by atoms with van der Waals surface area (Å²) in [5.41, 5.74) is 3.35. The van der Waals surface area contributed by atoms with Crippen molar-refractivity contribution in [2.24, 2.45) is 5.92 Å². The van der Waals surface area contributed by atoms with E-state index in [9.17, 15) is 9.59 Å². The number of aromatic nitrogens is 2. The molecule has 1 N–H and O–H groups in total. The number of benzene rings is 2. The second-order valence-electron chi connectivity index (χ2n) is 10.2. The smallest absolute Gasteiger partial charge is 0.391 e. The topological polar surface area (TPSA) is 84.4 Å². The predicted molar refractivity (Wildman–Crippen MR) is 141 cm³/mol. The largest absolute Gasteiger partial charge is 0.417 e. The van der Waals surface area contributed by atoms with E-state index in [0.717, 1.165) is 49.7 Å². The highest BCUT2D eigenvalue weighted by Crippen LogP contribution is 2.38. The molecule has 0 spiro atoms. The van der Waals surface area contributed by atoms with E-state index < -0.39 is 0 Å². The minimum Gasteiger partial charge on any atom is -0.391 e. The van der Waals surface area contributed by atoms with Gasteiger partial charge in [-0.05, 0) is 55.2 Å². The fraction of sp³-hybridized carbons (Fsp3) is 0.400. The average molecular weight is 499 g/mol. The van der Waals surface area contributed by atoms with Crippen molar-refractivity contribution in [3.05, 3.63) is 89.9 Å². The summed E-state index contributed by atoms with van der Waals surface area (Å²) in [5.74, 6) is 0.561. The maximum Gasteiger partial charge on any atom is 0.417 e. The Kier molecular flexibility index (Phi) is 7.78. The van der Waals surface area contributed by atoms with Gasteiger partial charge in [-0.25, -0.2) is 14.8 Å². The number of hydrogen-bond acceptors (Lipinski definition) is 5. The van der Waals surface area contributed by atoms with Gasteiger partial charge in [-0.1, -0.05) is 67.4 Å². The van der Waals surface area contributed by atoms with Gasteiger partial charge in [-0.3, -0.25) is 4.79 Å². The van der Waals surface area contributed by atoms with Crippen LogP contribution in [0.3, 0.4) is 0 Å². The molecule has 7 heteroatoms. The summed E-state index contributed by atoms with van der Waals surface area (Å²) in [6, 6.07) is 20.3. The van der Waals surface area contributed by atoms with Crippen molar-refractivity contribution < 1.29 is 14.3 Å². The molecule has 2 aliphatic rings. The zero-order valence-corrected chi connectivity index (χ0v) is 21.3. The van der Waals surface area contributed by atoms with Gasteiger partial charge in [0.05, 0.1) is 6.04 Å². The Labute approximate surface area is 218 Å². The van der Waals surface area contributed by atoms with Crippen LogP contribution in [0, 0.1) is 5.92 Å². The third-order valence-electron chi connectivity index (χ3n) is 7.49. The zero-order valence-electron chi connectivity index (χ0n) is 21.3. The third-order valence-corrected chi connectivity index (χ3v) is 7.49. The second-order valence-corrected chi connectivity index (χ2v) is 10.2. The molecule has 5 rings (SSSR count). The molecule has 1 aromatic heterocycles. The number of hydrogen-bond donors (Lipinski definition) is 1. The number of carbonyl (C=O) groups excluding carboxylic acids is 2. The van der Waals surface area contributed by atoms with Crippen molar-refractivity contribution in [3.8, 4) is 5.88 Å². The number of ether oxygens (including phenoxy) is 1. The van der Waals surface area contributed by atoms with E-state index in [4.69, 9.17) is 4.74 Å². The third kappa shape index (κ3) is 6.34. The summed E-state index contributed by atoms with van der Waals surface area (Å²) in [6.45, 7) is 2.53. The zero-order chi connectivity index (χ0) is 25.6. The van der Waals surface area contributed by atoms with Crippen molar-refractivity contribution in [2.75, 3.05) is 0 Å². The maximum absolute atomic E-state index is 13.3. The molecule has 3 atom stereocenters. The van der Waals surface area contributed by atoms with Crippen molar-refractivity contribution in [2.45, 2.75) is 70.0 Å². The van der Waals surface area contributed by atoms with Crippen LogP contribution in [0.4, 0.5) is 4.79 Å². The van der Waals surface area contributed by atoms with Crippen molar-refractivity contribution in [1.82, 2.24) is 20.2 Å². The summed E-state index contributed by atoms with van der Waals surface area (Å²) in [4.78, 5) is 35.8. The molecule has 2 aromatic carbocycles. The standard InChI is InChI=1S/C30H34N4O3/c1-21(23-7-3-2-4-8-23)33-29(35)27-10-6-5-9-26(27)24-13-11-22(12-14-24)19-34(25-15-16-25)30(36)37-28-17-18-31-20-32-28/h2-4,7-8,11-14,17-18,20-21,25-27H,5-6,9-10,15-16,19H2,1H3,(H,33,35)/t21-,26+,27-/m0/s1. The minimum absolute atomic E-state index is 0.0193. The minimum atomic E-state index is -0.387. The summed E-state index contributed by atoms with van der Waals surface area (Å²) in [7, 11) is 0. The molecule has 0 radical (unpaired) electrons. The average Bonchev–Trinajstić information content (AvgIpc) is 3.78. The molecule has 7 nitrogen and oxygen atoms in total. The van der Waals surface area contributed by atoms with E-state index in [-0.39, 0.29) is 41.8 Å². The first-order valence-electron chi connectivity index (χ1n) is 13.3. The Balaban J connectivity index is 1.24. The summed E-state index contributed by atoms with van der Waals surface area (Å²) >= 11 is 0. The Morgan fingerprint density at radius 3 is 2.46 bits per heavy atom. The Bertz CT molecular complexity index is 1180. The highest BCUT2D eigenvalue weighted by Gasteiger charge is 2.35. The highest BCUT2D eigenvalue weighted by atomic mass is 16.6. The van der Waals surface area contributed by atoms with E-state index in [1.54, 1.807) is 17.2 Å². The van der Waals surface area contributed by atoms with Crippen LogP contribution in [-0.2, 0) is 11.3 Å².